The number of carbonyl (C=O) groups excluding carboxylic acids is 1. The first-order valence-corrected chi connectivity index (χ1v) is 5.49. The first kappa shape index (κ1) is 11.1. The number of hydrogen-bond acceptors (Lipinski definition) is 3. The summed E-state index contributed by atoms with van der Waals surface area (Å²) in [5.41, 5.74) is 0.246. The van der Waals surface area contributed by atoms with Gasteiger partial charge < -0.3 is 10.1 Å². The van der Waals surface area contributed by atoms with Crippen molar-refractivity contribution >= 4 is 23.2 Å². The van der Waals surface area contributed by atoms with Crippen LogP contribution in [-0.2, 0) is 9.53 Å². The van der Waals surface area contributed by atoms with E-state index < -0.39 is 11.6 Å². The summed E-state index contributed by atoms with van der Waals surface area (Å²) < 4.78 is 5.52. The Bertz CT molecular complexity index is 428. The monoisotopic (exact) mass is 235 g/mol. The lowest BCUT2D eigenvalue weighted by atomic mass is 10.0. The van der Waals surface area contributed by atoms with Crippen molar-refractivity contribution in [2.45, 2.75) is 25.5 Å². The van der Waals surface area contributed by atoms with Crippen molar-refractivity contribution in [2.24, 2.45) is 0 Å². The summed E-state index contributed by atoms with van der Waals surface area (Å²) in [6.45, 7) is 3.66. The van der Waals surface area contributed by atoms with Crippen LogP contribution in [0.1, 0.15) is 25.5 Å². The highest BCUT2D eigenvalue weighted by atomic mass is 32.1. The Morgan fingerprint density at radius 2 is 1.94 bits per heavy atom. The van der Waals surface area contributed by atoms with E-state index in [9.17, 15) is 4.79 Å². The van der Waals surface area contributed by atoms with Crippen LogP contribution < -0.4 is 5.32 Å². The molecule has 1 fully saturated rings. The minimum absolute atomic E-state index is 0.148. The summed E-state index contributed by atoms with van der Waals surface area (Å²) >= 11 is 5.13. The highest BCUT2D eigenvalue weighted by Gasteiger charge is 2.39. The summed E-state index contributed by atoms with van der Waals surface area (Å²) in [6.07, 6.45) is -0.623. The van der Waals surface area contributed by atoms with Gasteiger partial charge in [0.05, 0.1) is 0 Å². The van der Waals surface area contributed by atoms with Gasteiger partial charge in [0.25, 0.3) is 5.91 Å². The number of ether oxygens (including phenoxy) is 1. The smallest absolute Gasteiger partial charge is 0.266 e. The van der Waals surface area contributed by atoms with Gasteiger partial charge in [-0.05, 0) is 26.1 Å². The van der Waals surface area contributed by atoms with E-state index in [1.165, 1.54) is 0 Å². The van der Waals surface area contributed by atoms with Crippen molar-refractivity contribution in [3.8, 4) is 0 Å². The highest BCUT2D eigenvalue weighted by Crippen LogP contribution is 2.26. The van der Waals surface area contributed by atoms with Crippen LogP contribution in [0.2, 0.25) is 0 Å². The molecule has 1 aliphatic heterocycles. The SMILES string of the molecule is CC1(C)NC(=O)C(c2ccccc2)OC1=S. The lowest BCUT2D eigenvalue weighted by Gasteiger charge is -2.36. The van der Waals surface area contributed by atoms with Crippen LogP contribution in [0.5, 0.6) is 0 Å². The third-order valence-electron chi connectivity index (χ3n) is 2.51. The van der Waals surface area contributed by atoms with E-state index in [0.717, 1.165) is 5.56 Å². The standard InChI is InChI=1S/C12H13NO2S/c1-12(2)11(16)15-9(10(14)13-12)8-6-4-3-5-7-8/h3-7,9H,1-2H3,(H,13,14). The van der Waals surface area contributed by atoms with E-state index in [2.05, 4.69) is 5.32 Å². The number of morpholine rings is 1. The molecule has 1 N–H and O–H groups in total. The van der Waals surface area contributed by atoms with Crippen LogP contribution in [0.25, 0.3) is 0 Å². The molecule has 1 saturated heterocycles. The number of nitrogens with one attached hydrogen (secondary N) is 1. The number of hydrogen-bond donors (Lipinski definition) is 1. The van der Waals surface area contributed by atoms with E-state index in [4.69, 9.17) is 17.0 Å². The molecule has 3 nitrogen and oxygen atoms in total. The molecule has 16 heavy (non-hydrogen) atoms. The van der Waals surface area contributed by atoms with Gasteiger partial charge in [-0.25, -0.2) is 0 Å². The fraction of sp³-hybridized carbons (Fsp3) is 0.333. The Labute approximate surface area is 99.8 Å². The molecule has 1 heterocycles. The van der Waals surface area contributed by atoms with E-state index in [-0.39, 0.29) is 5.91 Å². The van der Waals surface area contributed by atoms with Gasteiger partial charge in [-0.15, -0.1) is 0 Å². The van der Waals surface area contributed by atoms with Crippen LogP contribution in [-0.4, -0.2) is 16.5 Å². The lowest BCUT2D eigenvalue weighted by molar-refractivity contribution is -0.132. The highest BCUT2D eigenvalue weighted by molar-refractivity contribution is 7.80. The predicted molar refractivity (Wildman–Crippen MR) is 65.1 cm³/mol. The van der Waals surface area contributed by atoms with Crippen molar-refractivity contribution in [1.82, 2.24) is 5.32 Å². The molecule has 1 unspecified atom stereocenters. The molecule has 0 bridgehead atoms. The molecule has 0 saturated carbocycles. The summed E-state index contributed by atoms with van der Waals surface area (Å²) in [6, 6.07) is 9.34. The average Bonchev–Trinajstić information content (AvgIpc) is 2.24. The van der Waals surface area contributed by atoms with Crippen LogP contribution >= 0.6 is 12.2 Å². The zero-order chi connectivity index (χ0) is 11.8. The van der Waals surface area contributed by atoms with Gasteiger partial charge in [0.2, 0.25) is 6.10 Å². The molecule has 0 spiro atoms. The molecule has 0 aliphatic carbocycles. The third kappa shape index (κ3) is 1.93. The number of amides is 1. The topological polar surface area (TPSA) is 38.3 Å². The number of carbonyl (C=O) groups is 1. The maximum atomic E-state index is 11.9. The van der Waals surface area contributed by atoms with Crippen LogP contribution in [0.15, 0.2) is 30.3 Å². The maximum Gasteiger partial charge on any atom is 0.266 e. The molecule has 1 aliphatic rings. The second-order valence-corrected chi connectivity index (χ2v) is 4.68. The van der Waals surface area contributed by atoms with Gasteiger partial charge in [0.15, 0.2) is 5.05 Å². The van der Waals surface area contributed by atoms with E-state index >= 15 is 0 Å². The molecular weight excluding hydrogens is 222 g/mol. The van der Waals surface area contributed by atoms with Crippen molar-refractivity contribution in [3.63, 3.8) is 0 Å². The fourth-order valence-electron chi connectivity index (χ4n) is 1.58. The molecule has 2 rings (SSSR count). The summed E-state index contributed by atoms with van der Waals surface area (Å²) in [7, 11) is 0. The van der Waals surface area contributed by atoms with Crippen molar-refractivity contribution in [1.29, 1.82) is 0 Å². The largest absolute Gasteiger partial charge is 0.467 e. The first-order valence-electron chi connectivity index (χ1n) is 5.09. The van der Waals surface area contributed by atoms with Gasteiger partial charge in [-0.1, -0.05) is 30.3 Å². The summed E-state index contributed by atoms with van der Waals surface area (Å²) in [4.78, 5) is 11.9. The van der Waals surface area contributed by atoms with Gasteiger partial charge in [-0.3, -0.25) is 4.79 Å². The van der Waals surface area contributed by atoms with E-state index in [1.54, 1.807) is 0 Å². The molecule has 1 amide bonds. The van der Waals surface area contributed by atoms with Crippen molar-refractivity contribution in [3.05, 3.63) is 35.9 Å². The molecule has 1 aromatic rings. The second-order valence-electron chi connectivity index (χ2n) is 4.31. The molecule has 0 aromatic heterocycles. The molecule has 0 radical (unpaired) electrons. The lowest BCUT2D eigenvalue weighted by Crippen LogP contribution is -2.56. The molecule has 84 valence electrons. The van der Waals surface area contributed by atoms with Gasteiger partial charge >= 0.3 is 0 Å². The maximum absolute atomic E-state index is 11.9. The number of benzene rings is 1. The van der Waals surface area contributed by atoms with Crippen molar-refractivity contribution in [2.75, 3.05) is 0 Å². The summed E-state index contributed by atoms with van der Waals surface area (Å²) in [5, 5.41) is 3.27. The molecule has 1 aromatic carbocycles. The van der Waals surface area contributed by atoms with Crippen LogP contribution in [0, 0.1) is 0 Å². The zero-order valence-electron chi connectivity index (χ0n) is 9.19. The minimum atomic E-state index is -0.623. The fourth-order valence-corrected chi connectivity index (χ4v) is 1.73. The Kier molecular flexibility index (Phi) is 2.68. The Morgan fingerprint density at radius 3 is 2.56 bits per heavy atom. The van der Waals surface area contributed by atoms with Crippen molar-refractivity contribution < 1.29 is 9.53 Å². The normalized spacial score (nSPS) is 23.5. The van der Waals surface area contributed by atoms with Crippen LogP contribution in [0.3, 0.4) is 0 Å². The molecular formula is C12H13NO2S. The first-order chi connectivity index (χ1) is 7.50. The quantitative estimate of drug-likeness (QED) is 0.756. The van der Waals surface area contributed by atoms with E-state index in [0.29, 0.717) is 5.05 Å². The molecule has 1 atom stereocenters. The Morgan fingerprint density at radius 1 is 1.31 bits per heavy atom. The van der Waals surface area contributed by atoms with E-state index in [1.807, 2.05) is 44.2 Å². The average molecular weight is 235 g/mol. The second kappa shape index (κ2) is 3.87. The Balaban J connectivity index is 2.26. The van der Waals surface area contributed by atoms with Gasteiger partial charge in [-0.2, -0.15) is 0 Å². The minimum Gasteiger partial charge on any atom is -0.467 e. The van der Waals surface area contributed by atoms with Crippen LogP contribution in [0.4, 0.5) is 0 Å². The number of rotatable bonds is 1. The third-order valence-corrected chi connectivity index (χ3v) is 3.12. The predicted octanol–water partition coefficient (Wildman–Crippen LogP) is 1.98. The molecule has 4 heteroatoms. The number of thiocarbonyl (C=S) groups is 1. The van der Waals surface area contributed by atoms with Gasteiger partial charge in [0.1, 0.15) is 5.54 Å². The Hall–Kier alpha value is -1.42. The van der Waals surface area contributed by atoms with Gasteiger partial charge in [0, 0.05) is 5.56 Å². The zero-order valence-corrected chi connectivity index (χ0v) is 10.0. The summed E-state index contributed by atoms with van der Waals surface area (Å²) in [5.74, 6) is -0.148.